The summed E-state index contributed by atoms with van der Waals surface area (Å²) in [5.74, 6) is 0.574. The highest BCUT2D eigenvalue weighted by Gasteiger charge is 2.28. The minimum Gasteiger partial charge on any atom is -0.495 e. The van der Waals surface area contributed by atoms with Crippen molar-refractivity contribution in [2.45, 2.75) is 16.6 Å². The maximum absolute atomic E-state index is 12.4. The van der Waals surface area contributed by atoms with Gasteiger partial charge >= 0.3 is 0 Å². The summed E-state index contributed by atoms with van der Waals surface area (Å²) in [6.45, 7) is 0. The van der Waals surface area contributed by atoms with Gasteiger partial charge in [-0.05, 0) is 36.2 Å². The van der Waals surface area contributed by atoms with E-state index in [0.29, 0.717) is 16.5 Å². The van der Waals surface area contributed by atoms with Crippen molar-refractivity contribution in [1.82, 2.24) is 0 Å². The number of anilines is 1. The van der Waals surface area contributed by atoms with Crippen LogP contribution in [0.4, 0.5) is 5.69 Å². The van der Waals surface area contributed by atoms with Gasteiger partial charge in [-0.1, -0.05) is 29.8 Å². The standard InChI is InChI=1S/C16H14ClNO2S/c1-20-13-7-6-11(17)9-12(13)18-16(19)15-8-10-4-2-3-5-14(10)21-15/h2-7,9,15H,8H2,1H3,(H,18,19). The normalized spacial score (nSPS) is 16.4. The van der Waals surface area contributed by atoms with Crippen molar-refractivity contribution in [3.8, 4) is 5.75 Å². The number of methoxy groups -OCH3 is 1. The van der Waals surface area contributed by atoms with Crippen molar-refractivity contribution in [1.29, 1.82) is 0 Å². The lowest BCUT2D eigenvalue weighted by Gasteiger charge is -2.13. The summed E-state index contributed by atoms with van der Waals surface area (Å²) in [6.07, 6.45) is 0.746. The molecule has 1 N–H and O–H groups in total. The third-order valence-electron chi connectivity index (χ3n) is 3.36. The van der Waals surface area contributed by atoms with Crippen LogP contribution in [0.2, 0.25) is 5.02 Å². The number of fused-ring (bicyclic) bond motifs is 1. The Morgan fingerprint density at radius 3 is 2.90 bits per heavy atom. The van der Waals surface area contributed by atoms with Crippen LogP contribution in [0.5, 0.6) is 5.75 Å². The van der Waals surface area contributed by atoms with Crippen LogP contribution in [-0.4, -0.2) is 18.3 Å². The Kier molecular flexibility index (Phi) is 4.08. The molecule has 0 fully saturated rings. The van der Waals surface area contributed by atoms with Crippen LogP contribution in [0.3, 0.4) is 0 Å². The van der Waals surface area contributed by atoms with E-state index in [0.717, 1.165) is 6.42 Å². The lowest BCUT2D eigenvalue weighted by Crippen LogP contribution is -2.24. The molecule has 2 aromatic rings. The van der Waals surface area contributed by atoms with Gasteiger partial charge in [0.15, 0.2) is 0 Å². The molecule has 1 unspecified atom stereocenters. The molecule has 21 heavy (non-hydrogen) atoms. The Morgan fingerprint density at radius 2 is 2.14 bits per heavy atom. The predicted molar refractivity (Wildman–Crippen MR) is 86.4 cm³/mol. The highest BCUT2D eigenvalue weighted by atomic mass is 35.5. The molecule has 1 amide bonds. The first kappa shape index (κ1) is 14.3. The smallest absolute Gasteiger partial charge is 0.238 e. The van der Waals surface area contributed by atoms with Gasteiger partial charge in [0.1, 0.15) is 5.75 Å². The third kappa shape index (κ3) is 3.01. The number of carbonyl (C=O) groups is 1. The molecule has 0 aliphatic carbocycles. The summed E-state index contributed by atoms with van der Waals surface area (Å²) >= 11 is 7.57. The molecule has 0 spiro atoms. The highest BCUT2D eigenvalue weighted by molar-refractivity contribution is 8.01. The summed E-state index contributed by atoms with van der Waals surface area (Å²) in [4.78, 5) is 13.6. The van der Waals surface area contributed by atoms with E-state index in [-0.39, 0.29) is 11.2 Å². The molecule has 108 valence electrons. The minimum absolute atomic E-state index is 0.0308. The fraction of sp³-hybridized carbons (Fsp3) is 0.188. The molecular weight excluding hydrogens is 306 g/mol. The van der Waals surface area contributed by atoms with Crippen LogP contribution in [0.25, 0.3) is 0 Å². The van der Waals surface area contributed by atoms with Gasteiger partial charge in [0.05, 0.1) is 18.0 Å². The van der Waals surface area contributed by atoms with E-state index in [1.54, 1.807) is 37.1 Å². The monoisotopic (exact) mass is 319 g/mol. The molecule has 2 aromatic carbocycles. The van der Waals surface area contributed by atoms with Gasteiger partial charge in [-0.15, -0.1) is 11.8 Å². The average molecular weight is 320 g/mol. The van der Waals surface area contributed by atoms with Crippen molar-refractivity contribution >= 4 is 35.0 Å². The second kappa shape index (κ2) is 6.00. The summed E-state index contributed by atoms with van der Waals surface area (Å²) in [5, 5.41) is 3.35. The number of amides is 1. The Balaban J connectivity index is 1.75. The zero-order chi connectivity index (χ0) is 14.8. The lowest BCUT2D eigenvalue weighted by atomic mass is 10.1. The molecule has 0 radical (unpaired) electrons. The first-order valence-electron chi connectivity index (χ1n) is 6.56. The topological polar surface area (TPSA) is 38.3 Å². The Hall–Kier alpha value is -1.65. The van der Waals surface area contributed by atoms with Crippen molar-refractivity contribution in [2.24, 2.45) is 0 Å². The van der Waals surface area contributed by atoms with Crippen LogP contribution in [0.1, 0.15) is 5.56 Å². The summed E-state index contributed by atoms with van der Waals surface area (Å²) < 4.78 is 5.25. The van der Waals surface area contributed by atoms with E-state index in [2.05, 4.69) is 11.4 Å². The highest BCUT2D eigenvalue weighted by Crippen LogP contribution is 2.38. The summed E-state index contributed by atoms with van der Waals surface area (Å²) in [6, 6.07) is 13.3. The molecule has 0 saturated heterocycles. The SMILES string of the molecule is COc1ccc(Cl)cc1NC(=O)C1Cc2ccccc2S1. The Bertz CT molecular complexity index is 665. The number of ether oxygens (including phenoxy) is 1. The van der Waals surface area contributed by atoms with Crippen LogP contribution < -0.4 is 10.1 Å². The van der Waals surface area contributed by atoms with Crippen LogP contribution in [-0.2, 0) is 11.2 Å². The van der Waals surface area contributed by atoms with Gasteiger partial charge in [0.2, 0.25) is 5.91 Å². The van der Waals surface area contributed by atoms with Crippen molar-refractivity contribution in [2.75, 3.05) is 12.4 Å². The number of hydrogen-bond acceptors (Lipinski definition) is 3. The van der Waals surface area contributed by atoms with Crippen LogP contribution >= 0.6 is 23.4 Å². The average Bonchev–Trinajstić information content (AvgIpc) is 2.91. The fourth-order valence-corrected chi connectivity index (χ4v) is 3.69. The van der Waals surface area contributed by atoms with E-state index in [1.807, 2.05) is 18.2 Å². The van der Waals surface area contributed by atoms with E-state index >= 15 is 0 Å². The maximum atomic E-state index is 12.4. The molecular formula is C16H14ClNO2S. The molecule has 1 heterocycles. The quantitative estimate of drug-likeness (QED) is 0.929. The van der Waals surface area contributed by atoms with Crippen molar-refractivity contribution < 1.29 is 9.53 Å². The molecule has 1 atom stereocenters. The first-order valence-corrected chi connectivity index (χ1v) is 7.82. The van der Waals surface area contributed by atoms with Gasteiger partial charge in [-0.2, -0.15) is 0 Å². The molecule has 1 aliphatic heterocycles. The van der Waals surface area contributed by atoms with Gasteiger partial charge < -0.3 is 10.1 Å². The van der Waals surface area contributed by atoms with Crippen LogP contribution in [0.15, 0.2) is 47.4 Å². The zero-order valence-electron chi connectivity index (χ0n) is 11.4. The predicted octanol–water partition coefficient (Wildman–Crippen LogP) is 4.00. The molecule has 0 aromatic heterocycles. The number of carbonyl (C=O) groups excluding carboxylic acids is 1. The number of halogens is 1. The molecule has 5 heteroatoms. The van der Waals surface area contributed by atoms with Gasteiger partial charge in [-0.25, -0.2) is 0 Å². The minimum atomic E-state index is -0.119. The molecule has 0 bridgehead atoms. The first-order chi connectivity index (χ1) is 10.2. The Morgan fingerprint density at radius 1 is 1.33 bits per heavy atom. The second-order valence-electron chi connectivity index (χ2n) is 4.75. The summed E-state index contributed by atoms with van der Waals surface area (Å²) in [7, 11) is 1.57. The van der Waals surface area contributed by atoms with Gasteiger partial charge in [0.25, 0.3) is 0 Å². The van der Waals surface area contributed by atoms with E-state index in [9.17, 15) is 4.79 Å². The van der Waals surface area contributed by atoms with E-state index in [4.69, 9.17) is 16.3 Å². The van der Waals surface area contributed by atoms with E-state index in [1.165, 1.54) is 10.5 Å². The fourth-order valence-electron chi connectivity index (χ4n) is 2.32. The van der Waals surface area contributed by atoms with Gasteiger partial charge in [0, 0.05) is 9.92 Å². The van der Waals surface area contributed by atoms with Crippen molar-refractivity contribution in [3.05, 3.63) is 53.1 Å². The number of hydrogen-bond donors (Lipinski definition) is 1. The third-order valence-corrected chi connectivity index (χ3v) is 4.91. The van der Waals surface area contributed by atoms with E-state index < -0.39 is 0 Å². The molecule has 1 aliphatic rings. The van der Waals surface area contributed by atoms with Crippen LogP contribution in [0, 0.1) is 0 Å². The number of thioether (sulfide) groups is 1. The number of benzene rings is 2. The number of rotatable bonds is 3. The second-order valence-corrected chi connectivity index (χ2v) is 6.43. The molecule has 0 saturated carbocycles. The Labute approximate surface area is 132 Å². The molecule has 3 nitrogen and oxygen atoms in total. The number of nitrogens with one attached hydrogen (secondary N) is 1. The lowest BCUT2D eigenvalue weighted by molar-refractivity contribution is -0.115. The largest absolute Gasteiger partial charge is 0.495 e. The summed E-state index contributed by atoms with van der Waals surface area (Å²) in [5.41, 5.74) is 1.83. The maximum Gasteiger partial charge on any atom is 0.238 e. The molecule has 3 rings (SSSR count). The van der Waals surface area contributed by atoms with Gasteiger partial charge in [-0.3, -0.25) is 4.79 Å². The zero-order valence-corrected chi connectivity index (χ0v) is 13.0. The van der Waals surface area contributed by atoms with Crippen molar-refractivity contribution in [3.63, 3.8) is 0 Å².